The molecular weight excluding hydrogens is 284 g/mol. The molecule has 2 aliphatic rings. The zero-order valence-corrected chi connectivity index (χ0v) is 12.9. The summed E-state index contributed by atoms with van der Waals surface area (Å²) in [6, 6.07) is 6.83. The molecule has 0 radical (unpaired) electrons. The molecule has 1 aromatic rings. The molecule has 2 fully saturated rings. The summed E-state index contributed by atoms with van der Waals surface area (Å²) in [5, 5.41) is 10.7. The Balaban J connectivity index is 1.56. The molecule has 0 amide bonds. The topological polar surface area (TPSA) is 64.8 Å². The smallest absolute Gasteiger partial charge is 0.269 e. The van der Waals surface area contributed by atoms with Gasteiger partial charge in [-0.15, -0.1) is 0 Å². The average molecular weight is 306 g/mol. The third-order valence-corrected chi connectivity index (χ3v) is 4.79. The fourth-order valence-electron chi connectivity index (χ4n) is 3.30. The summed E-state index contributed by atoms with van der Waals surface area (Å²) in [4.78, 5) is 12.7. The number of rotatable bonds is 4. The maximum Gasteiger partial charge on any atom is 0.269 e. The Morgan fingerprint density at radius 3 is 2.77 bits per heavy atom. The van der Waals surface area contributed by atoms with Crippen LogP contribution in [-0.4, -0.2) is 54.4 Å². The molecule has 1 spiro atoms. The first-order chi connectivity index (χ1) is 10.6. The first-order valence-electron chi connectivity index (χ1n) is 7.80. The number of nitro groups is 1. The second-order valence-electron chi connectivity index (χ2n) is 6.13. The lowest BCUT2D eigenvalue weighted by Gasteiger charge is -2.42. The molecule has 2 saturated heterocycles. The molecule has 2 atom stereocenters. The lowest BCUT2D eigenvalue weighted by atomic mass is 9.94. The molecule has 2 unspecified atom stereocenters. The SMILES string of the molecule is CC1OCCC12CN(CCc1ccc([N+](=O)[O-])cc1)CCO2. The van der Waals surface area contributed by atoms with Gasteiger partial charge in [-0.05, 0) is 18.9 Å². The third-order valence-electron chi connectivity index (χ3n) is 4.79. The van der Waals surface area contributed by atoms with Crippen LogP contribution in [0, 0.1) is 10.1 Å². The van der Waals surface area contributed by atoms with Crippen molar-refractivity contribution in [3.63, 3.8) is 0 Å². The van der Waals surface area contributed by atoms with Crippen LogP contribution in [0.15, 0.2) is 24.3 Å². The lowest BCUT2D eigenvalue weighted by Crippen LogP contribution is -2.55. The molecule has 2 aliphatic heterocycles. The van der Waals surface area contributed by atoms with Gasteiger partial charge < -0.3 is 9.47 Å². The second kappa shape index (κ2) is 6.32. The van der Waals surface area contributed by atoms with E-state index in [0.717, 1.165) is 51.3 Å². The summed E-state index contributed by atoms with van der Waals surface area (Å²) >= 11 is 0. The van der Waals surface area contributed by atoms with Crippen LogP contribution in [-0.2, 0) is 15.9 Å². The first kappa shape index (κ1) is 15.4. The van der Waals surface area contributed by atoms with Crippen molar-refractivity contribution in [1.82, 2.24) is 4.90 Å². The summed E-state index contributed by atoms with van der Waals surface area (Å²) in [6.07, 6.45) is 2.00. The quantitative estimate of drug-likeness (QED) is 0.629. The minimum absolute atomic E-state index is 0.144. The largest absolute Gasteiger partial charge is 0.375 e. The summed E-state index contributed by atoms with van der Waals surface area (Å²) in [7, 11) is 0. The first-order valence-corrected chi connectivity index (χ1v) is 7.80. The third kappa shape index (κ3) is 3.14. The van der Waals surface area contributed by atoms with Crippen LogP contribution in [0.3, 0.4) is 0 Å². The number of nitro benzene ring substituents is 1. The molecule has 0 aliphatic carbocycles. The van der Waals surface area contributed by atoms with Crippen molar-refractivity contribution in [2.24, 2.45) is 0 Å². The Kier molecular flexibility index (Phi) is 4.42. The highest BCUT2D eigenvalue weighted by Gasteiger charge is 2.45. The predicted molar refractivity (Wildman–Crippen MR) is 82.0 cm³/mol. The maximum absolute atomic E-state index is 10.7. The Bertz CT molecular complexity index is 533. The van der Waals surface area contributed by atoms with Gasteiger partial charge in [-0.25, -0.2) is 0 Å². The zero-order chi connectivity index (χ0) is 15.6. The average Bonchev–Trinajstić information content (AvgIpc) is 2.86. The number of nitrogens with zero attached hydrogens (tertiary/aromatic N) is 2. The highest BCUT2D eigenvalue weighted by atomic mass is 16.6. The second-order valence-corrected chi connectivity index (χ2v) is 6.13. The zero-order valence-electron chi connectivity index (χ0n) is 12.9. The van der Waals surface area contributed by atoms with Gasteiger partial charge in [0.15, 0.2) is 0 Å². The molecule has 3 rings (SSSR count). The van der Waals surface area contributed by atoms with Gasteiger partial charge in [-0.3, -0.25) is 15.0 Å². The minimum atomic E-state index is -0.364. The van der Waals surface area contributed by atoms with Crippen molar-refractivity contribution in [3.05, 3.63) is 39.9 Å². The van der Waals surface area contributed by atoms with Gasteiger partial charge in [0.2, 0.25) is 0 Å². The van der Waals surface area contributed by atoms with Crippen LogP contribution < -0.4 is 0 Å². The van der Waals surface area contributed by atoms with Crippen molar-refractivity contribution in [1.29, 1.82) is 0 Å². The number of hydrogen-bond donors (Lipinski definition) is 0. The molecule has 6 nitrogen and oxygen atoms in total. The molecule has 6 heteroatoms. The van der Waals surface area contributed by atoms with Gasteiger partial charge in [-0.1, -0.05) is 12.1 Å². The monoisotopic (exact) mass is 306 g/mol. The van der Waals surface area contributed by atoms with E-state index < -0.39 is 0 Å². The van der Waals surface area contributed by atoms with Crippen LogP contribution >= 0.6 is 0 Å². The number of benzene rings is 1. The molecule has 1 aromatic carbocycles. The molecular formula is C16H22N2O4. The number of morpholine rings is 1. The van der Waals surface area contributed by atoms with Crippen molar-refractivity contribution in [2.45, 2.75) is 31.5 Å². The maximum atomic E-state index is 10.7. The fourth-order valence-corrected chi connectivity index (χ4v) is 3.30. The Morgan fingerprint density at radius 2 is 2.14 bits per heavy atom. The Morgan fingerprint density at radius 1 is 1.36 bits per heavy atom. The Hall–Kier alpha value is -1.50. The summed E-state index contributed by atoms with van der Waals surface area (Å²) in [5.41, 5.74) is 1.13. The van der Waals surface area contributed by atoms with Crippen LogP contribution in [0.25, 0.3) is 0 Å². The Labute approximate surface area is 130 Å². The molecule has 2 heterocycles. The fraction of sp³-hybridized carbons (Fsp3) is 0.625. The van der Waals surface area contributed by atoms with E-state index in [1.54, 1.807) is 12.1 Å². The van der Waals surface area contributed by atoms with E-state index in [4.69, 9.17) is 9.47 Å². The van der Waals surface area contributed by atoms with Gasteiger partial charge in [0, 0.05) is 44.8 Å². The number of ether oxygens (including phenoxy) is 2. The predicted octanol–water partition coefficient (Wildman–Crippen LogP) is 2.02. The van der Waals surface area contributed by atoms with Gasteiger partial charge in [0.1, 0.15) is 5.60 Å². The van der Waals surface area contributed by atoms with Crippen molar-refractivity contribution in [2.75, 3.05) is 32.8 Å². The van der Waals surface area contributed by atoms with E-state index in [2.05, 4.69) is 11.8 Å². The molecule has 120 valence electrons. The van der Waals surface area contributed by atoms with Crippen LogP contribution in [0.5, 0.6) is 0 Å². The van der Waals surface area contributed by atoms with Gasteiger partial charge in [0.25, 0.3) is 5.69 Å². The van der Waals surface area contributed by atoms with E-state index in [1.165, 1.54) is 0 Å². The van der Waals surface area contributed by atoms with Gasteiger partial charge >= 0.3 is 0 Å². The van der Waals surface area contributed by atoms with Crippen molar-refractivity contribution >= 4 is 5.69 Å². The number of hydrogen-bond acceptors (Lipinski definition) is 5. The van der Waals surface area contributed by atoms with E-state index in [1.807, 2.05) is 12.1 Å². The van der Waals surface area contributed by atoms with Gasteiger partial charge in [0.05, 0.1) is 17.6 Å². The number of non-ortho nitro benzene ring substituents is 1. The van der Waals surface area contributed by atoms with Crippen molar-refractivity contribution < 1.29 is 14.4 Å². The molecule has 0 saturated carbocycles. The van der Waals surface area contributed by atoms with E-state index in [0.29, 0.717) is 0 Å². The van der Waals surface area contributed by atoms with E-state index >= 15 is 0 Å². The summed E-state index contributed by atoms with van der Waals surface area (Å²) in [5.74, 6) is 0. The molecule has 0 aromatic heterocycles. The summed E-state index contributed by atoms with van der Waals surface area (Å²) < 4.78 is 11.7. The van der Waals surface area contributed by atoms with Crippen molar-refractivity contribution in [3.8, 4) is 0 Å². The molecule has 0 bridgehead atoms. The lowest BCUT2D eigenvalue weighted by molar-refractivity contribution is -0.384. The van der Waals surface area contributed by atoms with Crippen LogP contribution in [0.2, 0.25) is 0 Å². The van der Waals surface area contributed by atoms with Gasteiger partial charge in [-0.2, -0.15) is 0 Å². The van der Waals surface area contributed by atoms with E-state index in [-0.39, 0.29) is 22.3 Å². The molecule has 0 N–H and O–H groups in total. The van der Waals surface area contributed by atoms with Crippen LogP contribution in [0.4, 0.5) is 5.69 Å². The molecule has 22 heavy (non-hydrogen) atoms. The minimum Gasteiger partial charge on any atom is -0.375 e. The highest BCUT2D eigenvalue weighted by Crippen LogP contribution is 2.33. The van der Waals surface area contributed by atoms with Crippen LogP contribution in [0.1, 0.15) is 18.9 Å². The summed E-state index contributed by atoms with van der Waals surface area (Å²) in [6.45, 7) is 6.39. The standard InChI is InChI=1S/C16H22N2O4/c1-13-16(7-10-21-13)12-17(9-11-22-16)8-6-14-2-4-15(5-3-14)18(19)20/h2-5,13H,6-12H2,1H3. The normalized spacial score (nSPS) is 29.0. The highest BCUT2D eigenvalue weighted by molar-refractivity contribution is 5.32. The van der Waals surface area contributed by atoms with E-state index in [9.17, 15) is 10.1 Å².